The van der Waals surface area contributed by atoms with Crippen LogP contribution in [0.1, 0.15) is 43.9 Å². The van der Waals surface area contributed by atoms with Gasteiger partial charge in [0.2, 0.25) is 0 Å². The van der Waals surface area contributed by atoms with E-state index in [1.807, 2.05) is 13.8 Å². The molecule has 0 amide bonds. The molecular formula is C14H20F3NO. The standard InChI is InChI=1S/C14H20F3NO/c1-3-13(8-9-19)18-10(2)11-4-6-12(7-5-11)14(15,16)17/h4-7,10,13,18-19H,3,8-9H2,1-2H3. The van der Waals surface area contributed by atoms with Crippen LogP contribution in [0.5, 0.6) is 0 Å². The van der Waals surface area contributed by atoms with E-state index in [0.717, 1.165) is 24.1 Å². The van der Waals surface area contributed by atoms with Gasteiger partial charge in [-0.3, -0.25) is 0 Å². The lowest BCUT2D eigenvalue weighted by Crippen LogP contribution is -2.31. The number of aliphatic hydroxyl groups is 1. The van der Waals surface area contributed by atoms with Crippen molar-refractivity contribution >= 4 is 0 Å². The fourth-order valence-electron chi connectivity index (χ4n) is 1.97. The van der Waals surface area contributed by atoms with Gasteiger partial charge in [-0.1, -0.05) is 19.1 Å². The minimum absolute atomic E-state index is 0.0428. The predicted octanol–water partition coefficient (Wildman–Crippen LogP) is 3.52. The summed E-state index contributed by atoms with van der Waals surface area (Å²) in [5.41, 5.74) is 0.176. The first-order chi connectivity index (χ1) is 8.88. The third-order valence-corrected chi connectivity index (χ3v) is 3.19. The van der Waals surface area contributed by atoms with Gasteiger partial charge in [0.05, 0.1) is 5.56 Å². The number of rotatable bonds is 6. The molecule has 0 aliphatic carbocycles. The van der Waals surface area contributed by atoms with Crippen molar-refractivity contribution in [3.63, 3.8) is 0 Å². The number of nitrogens with one attached hydrogen (secondary N) is 1. The van der Waals surface area contributed by atoms with Gasteiger partial charge in [0.15, 0.2) is 0 Å². The van der Waals surface area contributed by atoms with E-state index in [-0.39, 0.29) is 18.7 Å². The number of hydrogen-bond donors (Lipinski definition) is 2. The second-order valence-corrected chi connectivity index (χ2v) is 4.63. The molecule has 0 saturated heterocycles. The van der Waals surface area contributed by atoms with E-state index in [4.69, 9.17) is 5.11 Å². The van der Waals surface area contributed by atoms with Gasteiger partial charge in [0.1, 0.15) is 0 Å². The Labute approximate surface area is 111 Å². The number of halogens is 3. The molecule has 5 heteroatoms. The van der Waals surface area contributed by atoms with Gasteiger partial charge < -0.3 is 10.4 Å². The maximum atomic E-state index is 12.4. The molecule has 1 aromatic carbocycles. The molecule has 0 heterocycles. The van der Waals surface area contributed by atoms with Crippen LogP contribution in [-0.2, 0) is 6.18 Å². The number of hydrogen-bond acceptors (Lipinski definition) is 2. The van der Waals surface area contributed by atoms with Crippen LogP contribution >= 0.6 is 0 Å². The van der Waals surface area contributed by atoms with Crippen molar-refractivity contribution in [1.29, 1.82) is 0 Å². The molecule has 1 aromatic rings. The zero-order valence-corrected chi connectivity index (χ0v) is 11.2. The molecule has 2 N–H and O–H groups in total. The summed E-state index contributed by atoms with van der Waals surface area (Å²) in [4.78, 5) is 0. The topological polar surface area (TPSA) is 32.3 Å². The summed E-state index contributed by atoms with van der Waals surface area (Å²) in [6, 6.07) is 5.31. The number of alkyl halides is 3. The van der Waals surface area contributed by atoms with Gasteiger partial charge in [0.25, 0.3) is 0 Å². The molecule has 0 bridgehead atoms. The molecule has 108 valence electrons. The summed E-state index contributed by atoms with van der Waals surface area (Å²) in [6.07, 6.45) is -2.79. The summed E-state index contributed by atoms with van der Waals surface area (Å²) < 4.78 is 37.3. The van der Waals surface area contributed by atoms with Crippen molar-refractivity contribution < 1.29 is 18.3 Å². The Hall–Kier alpha value is -1.07. The normalized spacial score (nSPS) is 15.3. The molecule has 2 atom stereocenters. The molecule has 0 aliphatic heterocycles. The van der Waals surface area contributed by atoms with Gasteiger partial charge >= 0.3 is 6.18 Å². The van der Waals surface area contributed by atoms with Crippen LogP contribution in [0.25, 0.3) is 0 Å². The molecule has 0 aromatic heterocycles. The maximum absolute atomic E-state index is 12.4. The van der Waals surface area contributed by atoms with Crippen LogP contribution < -0.4 is 5.32 Å². The molecule has 19 heavy (non-hydrogen) atoms. The first-order valence-electron chi connectivity index (χ1n) is 6.42. The Kier molecular flexibility index (Phi) is 5.82. The highest BCUT2D eigenvalue weighted by Gasteiger charge is 2.30. The monoisotopic (exact) mass is 275 g/mol. The van der Waals surface area contributed by atoms with E-state index >= 15 is 0 Å². The maximum Gasteiger partial charge on any atom is 0.416 e. The number of benzene rings is 1. The zero-order chi connectivity index (χ0) is 14.5. The summed E-state index contributed by atoms with van der Waals surface area (Å²) in [7, 11) is 0. The highest BCUT2D eigenvalue weighted by atomic mass is 19.4. The fourth-order valence-corrected chi connectivity index (χ4v) is 1.97. The molecule has 0 aliphatic rings. The quantitative estimate of drug-likeness (QED) is 0.832. The van der Waals surface area contributed by atoms with Crippen molar-refractivity contribution in [2.24, 2.45) is 0 Å². The van der Waals surface area contributed by atoms with Crippen molar-refractivity contribution in [2.75, 3.05) is 6.61 Å². The first-order valence-corrected chi connectivity index (χ1v) is 6.42. The molecule has 0 fully saturated rings. The average molecular weight is 275 g/mol. The van der Waals surface area contributed by atoms with E-state index in [0.29, 0.717) is 6.42 Å². The molecule has 2 unspecified atom stereocenters. The lowest BCUT2D eigenvalue weighted by molar-refractivity contribution is -0.137. The molecular weight excluding hydrogens is 255 g/mol. The van der Waals surface area contributed by atoms with Crippen molar-refractivity contribution in [3.05, 3.63) is 35.4 Å². The minimum atomic E-state index is -4.29. The van der Waals surface area contributed by atoms with Crippen LogP contribution in [0, 0.1) is 0 Å². The van der Waals surface area contributed by atoms with Gasteiger partial charge in [-0.05, 0) is 37.5 Å². The Bertz CT molecular complexity index is 375. The zero-order valence-electron chi connectivity index (χ0n) is 11.2. The Morgan fingerprint density at radius 2 is 1.79 bits per heavy atom. The molecule has 2 nitrogen and oxygen atoms in total. The molecule has 0 radical (unpaired) electrons. The third kappa shape index (κ3) is 4.84. The summed E-state index contributed by atoms with van der Waals surface area (Å²) in [6.45, 7) is 4.01. The number of aliphatic hydroxyl groups excluding tert-OH is 1. The van der Waals surface area contributed by atoms with Crippen molar-refractivity contribution in [3.8, 4) is 0 Å². The van der Waals surface area contributed by atoms with E-state index < -0.39 is 11.7 Å². The Balaban J connectivity index is 2.69. The lowest BCUT2D eigenvalue weighted by atomic mass is 10.0. The van der Waals surface area contributed by atoms with E-state index in [9.17, 15) is 13.2 Å². The highest BCUT2D eigenvalue weighted by Crippen LogP contribution is 2.29. The largest absolute Gasteiger partial charge is 0.416 e. The van der Waals surface area contributed by atoms with Crippen LogP contribution in [0.3, 0.4) is 0 Å². The predicted molar refractivity (Wildman–Crippen MR) is 68.8 cm³/mol. The smallest absolute Gasteiger partial charge is 0.396 e. The minimum Gasteiger partial charge on any atom is -0.396 e. The molecule has 1 rings (SSSR count). The van der Waals surface area contributed by atoms with Gasteiger partial charge in [-0.15, -0.1) is 0 Å². The summed E-state index contributed by atoms with van der Waals surface area (Å²) in [5.74, 6) is 0. The van der Waals surface area contributed by atoms with Gasteiger partial charge in [0, 0.05) is 18.7 Å². The fraction of sp³-hybridized carbons (Fsp3) is 0.571. The van der Waals surface area contributed by atoms with Gasteiger partial charge in [-0.2, -0.15) is 13.2 Å². The molecule has 0 spiro atoms. The highest BCUT2D eigenvalue weighted by molar-refractivity contribution is 5.26. The summed E-state index contributed by atoms with van der Waals surface area (Å²) >= 11 is 0. The Morgan fingerprint density at radius 1 is 1.21 bits per heavy atom. The van der Waals surface area contributed by atoms with Crippen molar-refractivity contribution in [1.82, 2.24) is 5.32 Å². The van der Waals surface area contributed by atoms with Gasteiger partial charge in [-0.25, -0.2) is 0 Å². The van der Waals surface area contributed by atoms with E-state index in [1.165, 1.54) is 12.1 Å². The van der Waals surface area contributed by atoms with Crippen LogP contribution in [0.15, 0.2) is 24.3 Å². The SMILES string of the molecule is CCC(CCO)NC(C)c1ccc(C(F)(F)F)cc1. The third-order valence-electron chi connectivity index (χ3n) is 3.19. The second-order valence-electron chi connectivity index (χ2n) is 4.63. The van der Waals surface area contributed by atoms with E-state index in [2.05, 4.69) is 5.32 Å². The van der Waals surface area contributed by atoms with Crippen LogP contribution in [-0.4, -0.2) is 17.8 Å². The summed E-state index contributed by atoms with van der Waals surface area (Å²) in [5, 5.41) is 12.2. The Morgan fingerprint density at radius 3 is 2.21 bits per heavy atom. The first kappa shape index (κ1) is 16.0. The van der Waals surface area contributed by atoms with Crippen molar-refractivity contribution in [2.45, 2.75) is 44.9 Å². The van der Waals surface area contributed by atoms with Crippen LogP contribution in [0.2, 0.25) is 0 Å². The van der Waals surface area contributed by atoms with Crippen LogP contribution in [0.4, 0.5) is 13.2 Å². The second kappa shape index (κ2) is 6.91. The lowest BCUT2D eigenvalue weighted by Gasteiger charge is -2.22. The van der Waals surface area contributed by atoms with E-state index in [1.54, 1.807) is 0 Å². The average Bonchev–Trinajstić information content (AvgIpc) is 2.37. The molecule has 0 saturated carbocycles.